The minimum absolute atomic E-state index is 0.0857. The first kappa shape index (κ1) is 29.1. The van der Waals surface area contributed by atoms with Gasteiger partial charge in [-0.15, -0.1) is 0 Å². The maximum Gasteiger partial charge on any atom is 0.244 e. The SMILES string of the molecule is CNn1c(O)c(C)c(C(=O)[C@@H](NC(=O)C[C@H](NC(=O)C=Cc2ccc3c(c2)OCO3)c2ccccc2)C(C)C)c1O. The quantitative estimate of drug-likeness (QED) is 0.176. The second kappa shape index (κ2) is 12.5. The van der Waals surface area contributed by atoms with E-state index >= 15 is 0 Å². The summed E-state index contributed by atoms with van der Waals surface area (Å²) in [6, 6.07) is 12.7. The number of ether oxygens (including phenoxy) is 2. The summed E-state index contributed by atoms with van der Waals surface area (Å²) in [5.74, 6) is -1.27. The van der Waals surface area contributed by atoms with Gasteiger partial charge >= 0.3 is 0 Å². The topological polar surface area (TPSA) is 151 Å². The second-order valence-corrected chi connectivity index (χ2v) is 9.98. The lowest BCUT2D eigenvalue weighted by Gasteiger charge is -2.24. The van der Waals surface area contributed by atoms with Crippen LogP contribution in [-0.4, -0.2) is 52.4 Å². The zero-order valence-electron chi connectivity index (χ0n) is 23.3. The van der Waals surface area contributed by atoms with Gasteiger partial charge in [-0.25, -0.2) is 0 Å². The van der Waals surface area contributed by atoms with Gasteiger partial charge in [0.25, 0.3) is 0 Å². The fourth-order valence-electron chi connectivity index (χ4n) is 4.62. The van der Waals surface area contributed by atoms with Crippen molar-refractivity contribution in [2.24, 2.45) is 5.92 Å². The number of nitrogens with one attached hydrogen (secondary N) is 3. The van der Waals surface area contributed by atoms with Crippen molar-refractivity contribution in [2.45, 2.75) is 39.3 Å². The van der Waals surface area contributed by atoms with Crippen LogP contribution < -0.4 is 25.5 Å². The Morgan fingerprint density at radius 3 is 2.37 bits per heavy atom. The van der Waals surface area contributed by atoms with E-state index in [4.69, 9.17) is 9.47 Å². The summed E-state index contributed by atoms with van der Waals surface area (Å²) >= 11 is 0. The molecule has 0 spiro atoms. The van der Waals surface area contributed by atoms with E-state index in [1.807, 2.05) is 6.07 Å². The molecule has 1 aromatic heterocycles. The molecule has 2 atom stereocenters. The Labute approximate surface area is 237 Å². The number of ketones is 1. The Hall–Kier alpha value is -4.93. The highest BCUT2D eigenvalue weighted by Crippen LogP contribution is 2.34. The molecule has 3 aromatic rings. The summed E-state index contributed by atoms with van der Waals surface area (Å²) in [5.41, 5.74) is 4.16. The van der Waals surface area contributed by atoms with Crippen LogP contribution in [0.15, 0.2) is 54.6 Å². The zero-order chi connectivity index (χ0) is 29.7. The van der Waals surface area contributed by atoms with E-state index in [0.29, 0.717) is 17.1 Å². The number of carbonyl (C=O) groups is 3. The van der Waals surface area contributed by atoms with E-state index in [0.717, 1.165) is 10.2 Å². The molecule has 41 heavy (non-hydrogen) atoms. The van der Waals surface area contributed by atoms with E-state index in [2.05, 4.69) is 16.1 Å². The van der Waals surface area contributed by atoms with Crippen molar-refractivity contribution in [2.75, 3.05) is 19.3 Å². The van der Waals surface area contributed by atoms with Gasteiger partial charge in [0, 0.05) is 18.7 Å². The number of fused-ring (bicyclic) bond motifs is 1. The fraction of sp³-hybridized carbons (Fsp3) is 0.300. The molecular weight excluding hydrogens is 528 g/mol. The number of amides is 2. The van der Waals surface area contributed by atoms with E-state index in [9.17, 15) is 24.6 Å². The lowest BCUT2D eigenvalue weighted by molar-refractivity contribution is -0.123. The Bertz CT molecular complexity index is 1460. The fourth-order valence-corrected chi connectivity index (χ4v) is 4.62. The van der Waals surface area contributed by atoms with E-state index < -0.39 is 35.6 Å². The smallest absolute Gasteiger partial charge is 0.244 e. The third kappa shape index (κ3) is 6.46. The van der Waals surface area contributed by atoms with Gasteiger partial charge in [0.15, 0.2) is 17.3 Å². The van der Waals surface area contributed by atoms with Gasteiger partial charge in [0.2, 0.25) is 30.4 Å². The molecule has 1 aliphatic heterocycles. The van der Waals surface area contributed by atoms with Crippen molar-refractivity contribution in [3.05, 3.63) is 76.9 Å². The van der Waals surface area contributed by atoms with Crippen LogP contribution >= 0.6 is 0 Å². The highest BCUT2D eigenvalue weighted by molar-refractivity contribution is 6.05. The highest BCUT2D eigenvalue weighted by atomic mass is 16.7. The Kier molecular flexibility index (Phi) is 8.86. The van der Waals surface area contributed by atoms with Crippen molar-refractivity contribution in [1.29, 1.82) is 0 Å². The van der Waals surface area contributed by atoms with Crippen LogP contribution in [0.1, 0.15) is 53.4 Å². The summed E-state index contributed by atoms with van der Waals surface area (Å²) in [6.07, 6.45) is 2.86. The first-order valence-corrected chi connectivity index (χ1v) is 13.2. The molecule has 4 rings (SSSR count). The number of carbonyl (C=O) groups excluding carboxylic acids is 3. The molecule has 0 aliphatic carbocycles. The van der Waals surface area contributed by atoms with Gasteiger partial charge in [-0.05, 0) is 42.2 Å². The van der Waals surface area contributed by atoms with Crippen LogP contribution in [-0.2, 0) is 9.59 Å². The van der Waals surface area contributed by atoms with Crippen molar-refractivity contribution in [3.8, 4) is 23.3 Å². The van der Waals surface area contributed by atoms with Crippen LogP contribution in [0.3, 0.4) is 0 Å². The third-order valence-corrected chi connectivity index (χ3v) is 6.82. The summed E-state index contributed by atoms with van der Waals surface area (Å²) in [6.45, 7) is 5.19. The lowest BCUT2D eigenvalue weighted by atomic mass is 9.93. The number of nitrogens with zero attached hydrogens (tertiary/aromatic N) is 1. The van der Waals surface area contributed by atoms with Crippen molar-refractivity contribution in [3.63, 3.8) is 0 Å². The summed E-state index contributed by atoms with van der Waals surface area (Å²) < 4.78 is 11.7. The highest BCUT2D eigenvalue weighted by Gasteiger charge is 2.33. The molecule has 0 radical (unpaired) electrons. The molecule has 216 valence electrons. The number of aromatic hydroxyl groups is 2. The molecule has 2 amide bonds. The normalized spacial score (nSPS) is 13.7. The monoisotopic (exact) mass is 562 g/mol. The standard InChI is InChI=1S/C30H34N4O7/c1-17(2)27(28(37)26-18(3)29(38)34(31-4)30(26)39)33-25(36)15-21(20-8-6-5-7-9-20)32-24(35)13-11-19-10-12-22-23(14-19)41-16-40-22/h5-14,17,21,27,31,38-39H,15-16H2,1-4H3,(H,32,35)(H,33,36)/t21-,27-/m0/s1. The number of benzene rings is 2. The molecule has 0 unspecified atom stereocenters. The molecule has 5 N–H and O–H groups in total. The predicted molar refractivity (Wildman–Crippen MR) is 152 cm³/mol. The van der Waals surface area contributed by atoms with Gasteiger partial charge in [-0.3, -0.25) is 14.4 Å². The first-order chi connectivity index (χ1) is 19.6. The number of hydrogen-bond acceptors (Lipinski definition) is 8. The molecule has 2 heterocycles. The third-order valence-electron chi connectivity index (χ3n) is 6.82. The molecule has 0 bridgehead atoms. The summed E-state index contributed by atoms with van der Waals surface area (Å²) in [5, 5.41) is 26.5. The average Bonchev–Trinajstić information content (AvgIpc) is 3.51. The van der Waals surface area contributed by atoms with Gasteiger partial charge in [-0.1, -0.05) is 50.2 Å². The van der Waals surface area contributed by atoms with E-state index in [1.165, 1.54) is 20.0 Å². The first-order valence-electron chi connectivity index (χ1n) is 13.2. The maximum absolute atomic E-state index is 13.4. The minimum atomic E-state index is -0.989. The van der Waals surface area contributed by atoms with Gasteiger partial charge < -0.3 is 35.7 Å². The predicted octanol–water partition coefficient (Wildman–Crippen LogP) is 3.39. The number of rotatable bonds is 11. The van der Waals surface area contributed by atoms with E-state index in [-0.39, 0.29) is 36.1 Å². The van der Waals surface area contributed by atoms with Gasteiger partial charge in [-0.2, -0.15) is 4.68 Å². The molecular formula is C30H34N4O7. The van der Waals surface area contributed by atoms with Crippen molar-refractivity contribution < 1.29 is 34.1 Å². The Balaban J connectivity index is 1.49. The van der Waals surface area contributed by atoms with Crippen LogP contribution in [0.5, 0.6) is 23.3 Å². The largest absolute Gasteiger partial charge is 0.493 e. The van der Waals surface area contributed by atoms with E-state index in [1.54, 1.807) is 62.4 Å². The molecule has 0 fully saturated rings. The summed E-state index contributed by atoms with van der Waals surface area (Å²) in [7, 11) is 1.48. The van der Waals surface area contributed by atoms with Crippen LogP contribution in [0.2, 0.25) is 0 Å². The van der Waals surface area contributed by atoms with Crippen molar-refractivity contribution in [1.82, 2.24) is 15.3 Å². The molecule has 11 heteroatoms. The number of hydrogen-bond donors (Lipinski definition) is 5. The Morgan fingerprint density at radius 2 is 1.71 bits per heavy atom. The van der Waals surface area contributed by atoms with Crippen molar-refractivity contribution >= 4 is 23.7 Å². The molecule has 2 aromatic carbocycles. The molecule has 0 saturated heterocycles. The average molecular weight is 563 g/mol. The lowest BCUT2D eigenvalue weighted by Crippen LogP contribution is -2.45. The molecule has 1 aliphatic rings. The Morgan fingerprint density at radius 1 is 1.00 bits per heavy atom. The maximum atomic E-state index is 13.4. The molecule has 0 saturated carbocycles. The van der Waals surface area contributed by atoms with Crippen LogP contribution in [0.4, 0.5) is 0 Å². The van der Waals surface area contributed by atoms with Gasteiger partial charge in [0.05, 0.1) is 24.1 Å². The zero-order valence-corrected chi connectivity index (χ0v) is 23.3. The second-order valence-electron chi connectivity index (χ2n) is 9.98. The van der Waals surface area contributed by atoms with Gasteiger partial charge in [0.1, 0.15) is 0 Å². The number of Topliss-reactive ketones (excluding diaryl/α,β-unsaturated/α-hetero) is 1. The number of aromatic nitrogens is 1. The van der Waals surface area contributed by atoms with Crippen LogP contribution in [0, 0.1) is 12.8 Å². The minimum Gasteiger partial charge on any atom is -0.493 e. The van der Waals surface area contributed by atoms with Crippen LogP contribution in [0.25, 0.3) is 6.08 Å². The summed E-state index contributed by atoms with van der Waals surface area (Å²) in [4.78, 5) is 39.6. The molecule has 11 nitrogen and oxygen atoms in total.